The molecule has 0 saturated carbocycles. The molecule has 0 bridgehead atoms. The molecule has 1 N–H and O–H groups in total. The van der Waals surface area contributed by atoms with E-state index in [1.54, 1.807) is 0 Å². The van der Waals surface area contributed by atoms with Gasteiger partial charge in [-0.1, -0.05) is 30.8 Å². The van der Waals surface area contributed by atoms with Crippen LogP contribution in [-0.2, 0) is 18.3 Å². The van der Waals surface area contributed by atoms with E-state index in [9.17, 15) is 18.0 Å². The van der Waals surface area contributed by atoms with Crippen molar-refractivity contribution in [1.82, 2.24) is 9.97 Å². The molecule has 0 atom stereocenters. The summed E-state index contributed by atoms with van der Waals surface area (Å²) >= 11 is 1.28. The lowest BCUT2D eigenvalue weighted by molar-refractivity contribution is -0.137. The Morgan fingerprint density at radius 1 is 1.24 bits per heavy atom. The van der Waals surface area contributed by atoms with Gasteiger partial charge in [0.2, 0.25) is 0 Å². The van der Waals surface area contributed by atoms with Crippen LogP contribution in [0.4, 0.5) is 13.2 Å². The normalized spacial score (nSPS) is 11.6. The first-order valence-electron chi connectivity index (χ1n) is 6.27. The third-order valence-electron chi connectivity index (χ3n) is 2.79. The Morgan fingerprint density at radius 3 is 2.48 bits per heavy atom. The number of thioether (sulfide) groups is 1. The first-order chi connectivity index (χ1) is 9.88. The Morgan fingerprint density at radius 2 is 1.90 bits per heavy atom. The SMILES string of the molecule is CCc1cc(=O)[nH]c(SCc2ccc(C(F)(F)F)cc2)n1. The van der Waals surface area contributed by atoms with Crippen molar-refractivity contribution in [2.24, 2.45) is 0 Å². The van der Waals surface area contributed by atoms with Crippen molar-refractivity contribution in [2.75, 3.05) is 0 Å². The average Bonchev–Trinajstić information content (AvgIpc) is 2.44. The van der Waals surface area contributed by atoms with Gasteiger partial charge in [-0.05, 0) is 24.1 Å². The number of nitrogens with zero attached hydrogens (tertiary/aromatic N) is 1. The van der Waals surface area contributed by atoms with Crippen LogP contribution in [0.3, 0.4) is 0 Å². The standard InChI is InChI=1S/C14H13F3N2OS/c1-2-11-7-12(20)19-13(18-11)21-8-9-3-5-10(6-4-9)14(15,16)17/h3-7H,2,8H2,1H3,(H,18,19,20). The van der Waals surface area contributed by atoms with Crippen LogP contribution in [0.5, 0.6) is 0 Å². The molecule has 0 radical (unpaired) electrons. The molecule has 21 heavy (non-hydrogen) atoms. The number of hydrogen-bond acceptors (Lipinski definition) is 3. The second kappa shape index (κ2) is 6.34. The lowest BCUT2D eigenvalue weighted by atomic mass is 10.1. The Hall–Kier alpha value is -1.76. The summed E-state index contributed by atoms with van der Waals surface area (Å²) in [4.78, 5) is 18.3. The highest BCUT2D eigenvalue weighted by Gasteiger charge is 2.29. The molecule has 0 aliphatic carbocycles. The predicted molar refractivity (Wildman–Crippen MR) is 75.2 cm³/mol. The Kier molecular flexibility index (Phi) is 4.72. The Labute approximate surface area is 123 Å². The number of aryl methyl sites for hydroxylation is 1. The van der Waals surface area contributed by atoms with Crippen molar-refractivity contribution in [3.8, 4) is 0 Å². The van der Waals surface area contributed by atoms with Crippen LogP contribution in [0.2, 0.25) is 0 Å². The molecular formula is C14H13F3N2OS. The summed E-state index contributed by atoms with van der Waals surface area (Å²) in [5, 5.41) is 0.472. The molecule has 0 spiro atoms. The zero-order valence-corrected chi connectivity index (χ0v) is 12.0. The largest absolute Gasteiger partial charge is 0.416 e. The third kappa shape index (κ3) is 4.35. The quantitative estimate of drug-likeness (QED) is 0.692. The number of aromatic nitrogens is 2. The van der Waals surface area contributed by atoms with Crippen LogP contribution < -0.4 is 5.56 Å². The van der Waals surface area contributed by atoms with Gasteiger partial charge >= 0.3 is 6.18 Å². The van der Waals surface area contributed by atoms with E-state index in [0.29, 0.717) is 23.0 Å². The Bertz CT molecular complexity index is 665. The fourth-order valence-corrected chi connectivity index (χ4v) is 2.52. The monoisotopic (exact) mass is 314 g/mol. The number of hydrogen-bond donors (Lipinski definition) is 1. The molecule has 7 heteroatoms. The summed E-state index contributed by atoms with van der Waals surface area (Å²) in [6.45, 7) is 1.89. The molecule has 2 aromatic rings. The summed E-state index contributed by atoms with van der Waals surface area (Å²) in [5.41, 5.74) is 0.527. The maximum absolute atomic E-state index is 12.4. The molecule has 0 aliphatic rings. The van der Waals surface area contributed by atoms with Crippen molar-refractivity contribution >= 4 is 11.8 Å². The van der Waals surface area contributed by atoms with Crippen LogP contribution in [0.1, 0.15) is 23.7 Å². The van der Waals surface area contributed by atoms with Gasteiger partial charge in [0.1, 0.15) is 0 Å². The van der Waals surface area contributed by atoms with Gasteiger partial charge in [-0.25, -0.2) is 4.98 Å². The van der Waals surface area contributed by atoms with Gasteiger partial charge < -0.3 is 4.98 Å². The van der Waals surface area contributed by atoms with E-state index in [0.717, 1.165) is 17.7 Å². The summed E-state index contributed by atoms with van der Waals surface area (Å²) in [6, 6.07) is 6.39. The molecule has 1 aromatic heterocycles. The molecule has 0 amide bonds. The molecule has 3 nitrogen and oxygen atoms in total. The summed E-state index contributed by atoms with van der Waals surface area (Å²) < 4.78 is 37.3. The highest BCUT2D eigenvalue weighted by Crippen LogP contribution is 2.29. The van der Waals surface area contributed by atoms with Crippen LogP contribution >= 0.6 is 11.8 Å². The molecule has 0 fully saturated rings. The highest BCUT2D eigenvalue weighted by molar-refractivity contribution is 7.98. The second-order valence-electron chi connectivity index (χ2n) is 4.38. The fraction of sp³-hybridized carbons (Fsp3) is 0.286. The number of H-pyrrole nitrogens is 1. The maximum Gasteiger partial charge on any atom is 0.416 e. The van der Waals surface area contributed by atoms with Crippen LogP contribution in [-0.4, -0.2) is 9.97 Å². The molecular weight excluding hydrogens is 301 g/mol. The smallest absolute Gasteiger partial charge is 0.301 e. The van der Waals surface area contributed by atoms with E-state index in [1.807, 2.05) is 6.92 Å². The molecule has 0 aliphatic heterocycles. The van der Waals surface area contributed by atoms with Gasteiger partial charge in [0, 0.05) is 17.5 Å². The topological polar surface area (TPSA) is 45.8 Å². The fourth-order valence-electron chi connectivity index (χ4n) is 1.67. The second-order valence-corrected chi connectivity index (χ2v) is 5.34. The molecule has 0 unspecified atom stereocenters. The number of alkyl halides is 3. The van der Waals surface area contributed by atoms with Crippen molar-refractivity contribution in [3.63, 3.8) is 0 Å². The maximum atomic E-state index is 12.4. The van der Waals surface area contributed by atoms with E-state index < -0.39 is 11.7 Å². The number of halogens is 3. The summed E-state index contributed by atoms with van der Waals surface area (Å²) in [7, 11) is 0. The van der Waals surface area contributed by atoms with Gasteiger partial charge in [0.15, 0.2) is 5.16 Å². The molecule has 2 rings (SSSR count). The average molecular weight is 314 g/mol. The number of benzene rings is 1. The van der Waals surface area contributed by atoms with E-state index in [4.69, 9.17) is 0 Å². The van der Waals surface area contributed by atoms with Crippen LogP contribution in [0, 0.1) is 0 Å². The molecule has 1 heterocycles. The van der Waals surface area contributed by atoms with E-state index in [-0.39, 0.29) is 5.56 Å². The lowest BCUT2D eigenvalue weighted by Gasteiger charge is -2.07. The minimum Gasteiger partial charge on any atom is -0.301 e. The summed E-state index contributed by atoms with van der Waals surface area (Å²) in [5.74, 6) is 0.439. The first kappa shape index (κ1) is 15.6. The van der Waals surface area contributed by atoms with Crippen molar-refractivity contribution in [3.05, 3.63) is 57.5 Å². The number of aromatic amines is 1. The van der Waals surface area contributed by atoms with Crippen LogP contribution in [0.25, 0.3) is 0 Å². The summed E-state index contributed by atoms with van der Waals surface area (Å²) in [6.07, 6.45) is -3.67. The van der Waals surface area contributed by atoms with E-state index in [2.05, 4.69) is 9.97 Å². The van der Waals surface area contributed by atoms with Crippen molar-refractivity contribution < 1.29 is 13.2 Å². The van der Waals surface area contributed by atoms with Gasteiger partial charge in [0.25, 0.3) is 5.56 Å². The van der Waals surface area contributed by atoms with Crippen molar-refractivity contribution in [1.29, 1.82) is 0 Å². The lowest BCUT2D eigenvalue weighted by Crippen LogP contribution is -2.09. The van der Waals surface area contributed by atoms with Crippen LogP contribution in [0.15, 0.2) is 40.3 Å². The van der Waals surface area contributed by atoms with Gasteiger partial charge in [-0.15, -0.1) is 0 Å². The Balaban J connectivity index is 2.06. The van der Waals surface area contributed by atoms with Gasteiger partial charge in [-0.2, -0.15) is 13.2 Å². The third-order valence-corrected chi connectivity index (χ3v) is 3.74. The molecule has 112 valence electrons. The zero-order chi connectivity index (χ0) is 15.5. The number of nitrogens with one attached hydrogen (secondary N) is 1. The van der Waals surface area contributed by atoms with Crippen molar-refractivity contribution in [2.45, 2.75) is 30.4 Å². The predicted octanol–water partition coefficient (Wildman–Crippen LogP) is 3.64. The first-order valence-corrected chi connectivity index (χ1v) is 7.26. The highest BCUT2D eigenvalue weighted by atomic mass is 32.2. The van der Waals surface area contributed by atoms with E-state index in [1.165, 1.54) is 30.0 Å². The molecule has 1 aromatic carbocycles. The number of rotatable bonds is 4. The van der Waals surface area contributed by atoms with Gasteiger partial charge in [-0.3, -0.25) is 4.79 Å². The van der Waals surface area contributed by atoms with Gasteiger partial charge in [0.05, 0.1) is 5.56 Å². The van der Waals surface area contributed by atoms with E-state index >= 15 is 0 Å². The zero-order valence-electron chi connectivity index (χ0n) is 11.2. The minimum absolute atomic E-state index is 0.225. The molecule has 0 saturated heterocycles. The minimum atomic E-state index is -4.33.